The number of nitrogens with zero attached hydrogens (tertiary/aromatic N) is 4. The number of carbonyl (C=O) groups excluding carboxylic acids is 2. The van der Waals surface area contributed by atoms with Gasteiger partial charge in [0.25, 0.3) is 0 Å². The normalized spacial score (nSPS) is 29.7. The molecule has 1 aliphatic carbocycles. The molecule has 0 spiro atoms. The summed E-state index contributed by atoms with van der Waals surface area (Å²) in [6.45, 7) is 0.176. The van der Waals surface area contributed by atoms with Gasteiger partial charge >= 0.3 is 5.97 Å². The highest BCUT2D eigenvalue weighted by Gasteiger charge is 2.61. The van der Waals surface area contributed by atoms with E-state index in [0.717, 1.165) is 46.6 Å². The molecule has 3 aromatic rings. The fraction of sp³-hybridized carbons (Fsp3) is 0.483. The number of carboxylic acids is 1. The van der Waals surface area contributed by atoms with Gasteiger partial charge < -0.3 is 30.4 Å². The largest absolute Gasteiger partial charge is 0.487 e. The minimum absolute atomic E-state index is 0.176. The monoisotopic (exact) mass is 578 g/mol. The van der Waals surface area contributed by atoms with E-state index < -0.39 is 35.6 Å². The molecule has 0 aromatic carbocycles. The highest BCUT2D eigenvalue weighted by atomic mass is 32.1. The van der Waals surface area contributed by atoms with Gasteiger partial charge in [-0.2, -0.15) is 0 Å². The fourth-order valence-corrected chi connectivity index (χ4v) is 7.05. The number of aryl methyl sites for hydroxylation is 1. The van der Waals surface area contributed by atoms with Crippen LogP contribution in [-0.4, -0.2) is 72.6 Å². The second-order valence-electron chi connectivity index (χ2n) is 11.2. The van der Waals surface area contributed by atoms with Crippen molar-refractivity contribution in [3.63, 3.8) is 0 Å². The Hall–Kier alpha value is -3.77. The number of thiophene rings is 1. The van der Waals surface area contributed by atoms with Gasteiger partial charge in [-0.05, 0) is 37.8 Å². The summed E-state index contributed by atoms with van der Waals surface area (Å²) in [5.74, 6) is -0.703. The fourth-order valence-electron chi connectivity index (χ4n) is 5.94. The van der Waals surface area contributed by atoms with Crippen LogP contribution in [0.15, 0.2) is 42.9 Å². The van der Waals surface area contributed by atoms with E-state index in [9.17, 15) is 19.5 Å². The number of fused-ring (bicyclic) bond motifs is 3. The molecule has 4 N–H and O–H groups in total. The third kappa shape index (κ3) is 5.21. The van der Waals surface area contributed by atoms with E-state index in [4.69, 9.17) is 10.5 Å². The van der Waals surface area contributed by atoms with E-state index in [1.807, 2.05) is 36.0 Å². The quantitative estimate of drug-likeness (QED) is 0.400. The van der Waals surface area contributed by atoms with Gasteiger partial charge in [0.15, 0.2) is 0 Å². The smallest absolute Gasteiger partial charge is 0.330 e. The Morgan fingerprint density at radius 2 is 2.10 bits per heavy atom. The molecule has 0 bridgehead atoms. The summed E-state index contributed by atoms with van der Waals surface area (Å²) in [6.07, 6.45) is 13.3. The molecule has 216 valence electrons. The highest BCUT2D eigenvalue weighted by Crippen LogP contribution is 2.45. The Balaban J connectivity index is 1.27. The first-order chi connectivity index (χ1) is 19.8. The summed E-state index contributed by atoms with van der Waals surface area (Å²) in [5.41, 5.74) is 5.74. The molecule has 1 saturated heterocycles. The summed E-state index contributed by atoms with van der Waals surface area (Å²) >= 11 is 1.51. The van der Waals surface area contributed by atoms with Crippen LogP contribution in [0.2, 0.25) is 0 Å². The van der Waals surface area contributed by atoms with Crippen molar-refractivity contribution < 1.29 is 24.2 Å². The Kier molecular flexibility index (Phi) is 7.28. The number of nitrogens with two attached hydrogens (primary N) is 1. The number of allylic oxidation sites excluding steroid dienone is 1. The van der Waals surface area contributed by atoms with Crippen molar-refractivity contribution in [2.75, 3.05) is 6.54 Å². The number of carbonyl (C=O) groups is 3. The van der Waals surface area contributed by atoms with E-state index in [1.165, 1.54) is 16.2 Å². The molecular formula is C29H34N6O5S. The van der Waals surface area contributed by atoms with Gasteiger partial charge in [-0.25, -0.2) is 9.78 Å². The van der Waals surface area contributed by atoms with Crippen molar-refractivity contribution in [1.29, 1.82) is 0 Å². The zero-order valence-electron chi connectivity index (χ0n) is 22.9. The second-order valence-corrected chi connectivity index (χ2v) is 12.3. The van der Waals surface area contributed by atoms with E-state index in [1.54, 1.807) is 18.5 Å². The van der Waals surface area contributed by atoms with E-state index >= 15 is 0 Å². The maximum atomic E-state index is 13.6. The Morgan fingerprint density at radius 1 is 1.24 bits per heavy atom. The third-order valence-electron chi connectivity index (χ3n) is 8.37. The van der Waals surface area contributed by atoms with Gasteiger partial charge in [0.2, 0.25) is 11.8 Å². The molecule has 5 atom stereocenters. The molecule has 1 saturated carbocycles. The lowest BCUT2D eigenvalue weighted by molar-refractivity contribution is -0.145. The summed E-state index contributed by atoms with van der Waals surface area (Å²) < 4.78 is 9.22. The Labute approximate surface area is 241 Å². The average Bonchev–Trinajstić information content (AvgIpc) is 3.30. The van der Waals surface area contributed by atoms with Crippen molar-refractivity contribution in [2.45, 2.75) is 68.7 Å². The van der Waals surface area contributed by atoms with Gasteiger partial charge in [-0.1, -0.05) is 25.0 Å². The van der Waals surface area contributed by atoms with Crippen molar-refractivity contribution in [3.05, 3.63) is 42.9 Å². The number of aliphatic carboxylic acids is 1. The number of rotatable bonds is 4. The molecule has 12 heteroatoms. The van der Waals surface area contributed by atoms with Crippen molar-refractivity contribution in [2.24, 2.45) is 18.7 Å². The van der Waals surface area contributed by atoms with Crippen LogP contribution >= 0.6 is 11.3 Å². The summed E-state index contributed by atoms with van der Waals surface area (Å²) in [7, 11) is 1.93. The number of aromatic nitrogens is 3. The third-order valence-corrected chi connectivity index (χ3v) is 9.51. The SMILES string of the molecule is Cn1ccnc1-c1cc2nccc(O[C@@H]3C[C@H]4C(=O)N[C@]5(C(=O)O)C[C@H]5/C=C\CCCCC[C@H](N)C(=O)N4C3)c2s1. The number of carboxylic acid groups (broad SMARTS) is 1. The van der Waals surface area contributed by atoms with Crippen LogP contribution in [0.4, 0.5) is 0 Å². The number of pyridine rings is 1. The Bertz CT molecular complexity index is 1520. The molecule has 5 heterocycles. The van der Waals surface area contributed by atoms with Gasteiger partial charge in [0, 0.05) is 38.0 Å². The van der Waals surface area contributed by atoms with E-state index in [2.05, 4.69) is 15.3 Å². The molecule has 2 amide bonds. The van der Waals surface area contributed by atoms with Crippen LogP contribution in [0.3, 0.4) is 0 Å². The van der Waals surface area contributed by atoms with Gasteiger partial charge in [-0.15, -0.1) is 11.3 Å². The lowest BCUT2D eigenvalue weighted by Gasteiger charge is -2.27. The first kappa shape index (κ1) is 27.4. The molecule has 2 aliphatic heterocycles. The van der Waals surface area contributed by atoms with Crippen LogP contribution in [0.25, 0.3) is 20.9 Å². The molecule has 3 aromatic heterocycles. The minimum Gasteiger partial charge on any atom is -0.487 e. The molecule has 41 heavy (non-hydrogen) atoms. The minimum atomic E-state index is -1.35. The number of hydrogen-bond donors (Lipinski definition) is 3. The van der Waals surface area contributed by atoms with E-state index in [-0.39, 0.29) is 24.8 Å². The van der Waals surface area contributed by atoms with Gasteiger partial charge in [0.05, 0.1) is 27.7 Å². The summed E-state index contributed by atoms with van der Waals surface area (Å²) in [4.78, 5) is 50.7. The van der Waals surface area contributed by atoms with Crippen molar-refractivity contribution in [1.82, 2.24) is 24.8 Å². The molecule has 2 fully saturated rings. The van der Waals surface area contributed by atoms with Crippen LogP contribution in [0.5, 0.6) is 5.75 Å². The number of ether oxygens (including phenoxy) is 1. The molecule has 6 rings (SSSR count). The molecule has 3 aliphatic rings. The number of hydrogen-bond acceptors (Lipinski definition) is 8. The lowest BCUT2D eigenvalue weighted by Crippen LogP contribution is -2.55. The van der Waals surface area contributed by atoms with Crippen molar-refractivity contribution in [3.8, 4) is 16.5 Å². The number of imidazole rings is 1. The van der Waals surface area contributed by atoms with Gasteiger partial charge in [-0.3, -0.25) is 14.6 Å². The first-order valence-corrected chi connectivity index (χ1v) is 14.9. The second kappa shape index (κ2) is 10.9. The summed E-state index contributed by atoms with van der Waals surface area (Å²) in [6, 6.07) is 2.13. The maximum Gasteiger partial charge on any atom is 0.330 e. The van der Waals surface area contributed by atoms with E-state index in [0.29, 0.717) is 18.6 Å². The highest BCUT2D eigenvalue weighted by molar-refractivity contribution is 7.22. The van der Waals surface area contributed by atoms with Gasteiger partial charge in [0.1, 0.15) is 29.3 Å². The van der Waals surface area contributed by atoms with Crippen LogP contribution < -0.4 is 15.8 Å². The predicted octanol–water partition coefficient (Wildman–Crippen LogP) is 2.85. The molecule has 11 nitrogen and oxygen atoms in total. The number of amides is 2. The Morgan fingerprint density at radius 3 is 2.88 bits per heavy atom. The van der Waals surface area contributed by atoms with Crippen molar-refractivity contribution >= 4 is 39.3 Å². The molecular weight excluding hydrogens is 544 g/mol. The number of nitrogens with one attached hydrogen (secondary N) is 1. The molecule has 0 unspecified atom stereocenters. The molecule has 0 radical (unpaired) electrons. The topological polar surface area (TPSA) is 153 Å². The first-order valence-electron chi connectivity index (χ1n) is 14.1. The summed E-state index contributed by atoms with van der Waals surface area (Å²) in [5, 5.41) is 12.8. The average molecular weight is 579 g/mol. The standard InChI is InChI=1S/C29H34N6O5S/c1-34-12-11-32-25(34)23-14-20-24(41-23)22(9-10-31-20)40-18-13-21-26(36)33-29(28(38)39)15-17(29)7-5-3-2-4-6-8-19(30)27(37)35(21)16-18/h5,7,9-12,14,17-19,21H,2-4,6,8,13,15-16,30H2,1H3,(H,33,36)(H,38,39)/b7-5-/t17-,18-,19+,21+,29-/m1/s1. The zero-order chi connectivity index (χ0) is 28.7. The predicted molar refractivity (Wildman–Crippen MR) is 153 cm³/mol. The lowest BCUT2D eigenvalue weighted by atomic mass is 10.1. The maximum absolute atomic E-state index is 13.6. The zero-order valence-corrected chi connectivity index (χ0v) is 23.7. The van der Waals surface area contributed by atoms with Crippen LogP contribution in [-0.2, 0) is 21.4 Å². The van der Waals surface area contributed by atoms with Crippen LogP contribution in [0, 0.1) is 5.92 Å². The van der Waals surface area contributed by atoms with Crippen LogP contribution in [0.1, 0.15) is 44.9 Å².